The molecule has 0 aliphatic rings. The standard InChI is InChI=1S/C13H6BrClFNO/c14-11-3-2-10(6-12(11)16)18-13-4-1-9(15)5-8(13)7-17/h1-6H. The van der Waals surface area contributed by atoms with Crippen molar-refractivity contribution in [1.82, 2.24) is 0 Å². The van der Waals surface area contributed by atoms with Gasteiger partial charge in [-0.3, -0.25) is 0 Å². The van der Waals surface area contributed by atoms with Crippen LogP contribution in [0.5, 0.6) is 11.5 Å². The molecule has 0 unspecified atom stereocenters. The summed E-state index contributed by atoms with van der Waals surface area (Å²) in [4.78, 5) is 0. The quantitative estimate of drug-likeness (QED) is 0.786. The molecule has 0 bridgehead atoms. The van der Waals surface area contributed by atoms with Gasteiger partial charge in [0.1, 0.15) is 23.4 Å². The summed E-state index contributed by atoms with van der Waals surface area (Å²) in [5, 5.41) is 9.39. The third-order valence-electron chi connectivity index (χ3n) is 2.18. The number of hydrogen-bond acceptors (Lipinski definition) is 2. The van der Waals surface area contributed by atoms with Gasteiger partial charge in [0.15, 0.2) is 0 Å². The third kappa shape index (κ3) is 2.81. The first-order chi connectivity index (χ1) is 8.60. The minimum absolute atomic E-state index is 0.297. The van der Waals surface area contributed by atoms with Gasteiger partial charge >= 0.3 is 0 Å². The molecule has 0 heterocycles. The fourth-order valence-corrected chi connectivity index (χ4v) is 1.76. The van der Waals surface area contributed by atoms with Gasteiger partial charge in [0.25, 0.3) is 0 Å². The average molecular weight is 327 g/mol. The van der Waals surface area contributed by atoms with Crippen LogP contribution in [0.2, 0.25) is 5.02 Å². The Balaban J connectivity index is 2.34. The molecule has 90 valence electrons. The topological polar surface area (TPSA) is 33.0 Å². The van der Waals surface area contributed by atoms with Gasteiger partial charge in [0.05, 0.1) is 10.0 Å². The van der Waals surface area contributed by atoms with Crippen LogP contribution in [0.3, 0.4) is 0 Å². The number of benzene rings is 2. The Hall–Kier alpha value is -1.57. The Morgan fingerprint density at radius 2 is 2.00 bits per heavy atom. The Morgan fingerprint density at radius 1 is 1.22 bits per heavy atom. The van der Waals surface area contributed by atoms with Gasteiger partial charge in [0.2, 0.25) is 0 Å². The highest BCUT2D eigenvalue weighted by atomic mass is 79.9. The van der Waals surface area contributed by atoms with E-state index < -0.39 is 5.82 Å². The molecule has 0 aliphatic carbocycles. The molecule has 0 saturated heterocycles. The van der Waals surface area contributed by atoms with E-state index in [1.54, 1.807) is 18.2 Å². The number of halogens is 3. The Labute approximate surface area is 117 Å². The number of nitrogens with zero attached hydrogens (tertiary/aromatic N) is 1. The van der Waals surface area contributed by atoms with E-state index in [0.29, 0.717) is 26.6 Å². The normalized spacial score (nSPS) is 9.89. The zero-order valence-electron chi connectivity index (χ0n) is 8.95. The van der Waals surface area contributed by atoms with Crippen molar-refractivity contribution in [1.29, 1.82) is 5.26 Å². The minimum Gasteiger partial charge on any atom is -0.456 e. The summed E-state index contributed by atoms with van der Waals surface area (Å²) < 4.78 is 19.1. The second-order valence-electron chi connectivity index (χ2n) is 3.43. The highest BCUT2D eigenvalue weighted by Gasteiger charge is 2.07. The van der Waals surface area contributed by atoms with Crippen molar-refractivity contribution in [3.05, 3.63) is 57.3 Å². The van der Waals surface area contributed by atoms with Crippen molar-refractivity contribution in [3.8, 4) is 17.6 Å². The molecule has 0 fully saturated rings. The van der Waals surface area contributed by atoms with Crippen LogP contribution in [0, 0.1) is 17.1 Å². The lowest BCUT2D eigenvalue weighted by molar-refractivity contribution is 0.474. The molecule has 0 aromatic heterocycles. The first-order valence-corrected chi connectivity index (χ1v) is 6.10. The molecule has 18 heavy (non-hydrogen) atoms. The Kier molecular flexibility index (Phi) is 3.85. The van der Waals surface area contributed by atoms with Crippen molar-refractivity contribution < 1.29 is 9.13 Å². The largest absolute Gasteiger partial charge is 0.456 e. The summed E-state index contributed by atoms with van der Waals surface area (Å²) in [6.07, 6.45) is 0. The van der Waals surface area contributed by atoms with Crippen LogP contribution in [0.1, 0.15) is 5.56 Å². The fraction of sp³-hybridized carbons (Fsp3) is 0. The first kappa shape index (κ1) is 12.9. The van der Waals surface area contributed by atoms with Crippen LogP contribution in [-0.2, 0) is 0 Å². The van der Waals surface area contributed by atoms with Gasteiger partial charge in [-0.05, 0) is 46.3 Å². The predicted octanol–water partition coefficient (Wildman–Crippen LogP) is 4.91. The molecule has 2 nitrogen and oxygen atoms in total. The molecular weight excluding hydrogens is 321 g/mol. The van der Waals surface area contributed by atoms with Crippen molar-refractivity contribution in [2.45, 2.75) is 0 Å². The lowest BCUT2D eigenvalue weighted by Crippen LogP contribution is -1.89. The van der Waals surface area contributed by atoms with Gasteiger partial charge in [-0.15, -0.1) is 0 Å². The maximum absolute atomic E-state index is 13.3. The molecule has 0 atom stereocenters. The van der Waals surface area contributed by atoms with Gasteiger partial charge in [-0.25, -0.2) is 4.39 Å². The van der Waals surface area contributed by atoms with Gasteiger partial charge < -0.3 is 4.74 Å². The van der Waals surface area contributed by atoms with E-state index in [2.05, 4.69) is 15.9 Å². The number of rotatable bonds is 2. The molecule has 2 rings (SSSR count). The minimum atomic E-state index is -0.431. The lowest BCUT2D eigenvalue weighted by atomic mass is 10.2. The second kappa shape index (κ2) is 5.38. The molecule has 2 aromatic carbocycles. The first-order valence-electron chi connectivity index (χ1n) is 4.92. The summed E-state index contributed by atoms with van der Waals surface area (Å²) in [5.41, 5.74) is 0.297. The molecule has 2 aromatic rings. The van der Waals surface area contributed by atoms with Crippen molar-refractivity contribution >= 4 is 27.5 Å². The third-order valence-corrected chi connectivity index (χ3v) is 3.06. The Morgan fingerprint density at radius 3 is 2.67 bits per heavy atom. The molecular formula is C13H6BrClFNO. The van der Waals surface area contributed by atoms with Crippen LogP contribution >= 0.6 is 27.5 Å². The van der Waals surface area contributed by atoms with Gasteiger partial charge in [-0.2, -0.15) is 5.26 Å². The molecule has 0 amide bonds. The highest BCUT2D eigenvalue weighted by Crippen LogP contribution is 2.29. The zero-order chi connectivity index (χ0) is 13.1. The summed E-state index contributed by atoms with van der Waals surface area (Å²) in [7, 11) is 0. The van der Waals surface area contributed by atoms with Gasteiger partial charge in [-0.1, -0.05) is 11.6 Å². The monoisotopic (exact) mass is 325 g/mol. The second-order valence-corrected chi connectivity index (χ2v) is 4.72. The molecule has 5 heteroatoms. The summed E-state index contributed by atoms with van der Waals surface area (Å²) in [5.74, 6) is 0.220. The molecule has 0 spiro atoms. The van der Waals surface area contributed by atoms with Crippen LogP contribution in [0.4, 0.5) is 4.39 Å². The van der Waals surface area contributed by atoms with E-state index in [0.717, 1.165) is 0 Å². The molecule has 0 saturated carbocycles. The number of ether oxygens (including phenoxy) is 1. The van der Waals surface area contributed by atoms with Crippen LogP contribution in [0.15, 0.2) is 40.9 Å². The summed E-state index contributed by atoms with van der Waals surface area (Å²) >= 11 is 8.82. The van der Waals surface area contributed by atoms with E-state index in [-0.39, 0.29) is 0 Å². The van der Waals surface area contributed by atoms with Gasteiger partial charge in [0, 0.05) is 11.1 Å². The zero-order valence-corrected chi connectivity index (χ0v) is 11.3. The van der Waals surface area contributed by atoms with E-state index >= 15 is 0 Å². The fourth-order valence-electron chi connectivity index (χ4n) is 1.35. The number of hydrogen-bond donors (Lipinski definition) is 0. The SMILES string of the molecule is N#Cc1cc(Cl)ccc1Oc1ccc(Br)c(F)c1. The molecule has 0 N–H and O–H groups in total. The van der Waals surface area contributed by atoms with E-state index in [1.807, 2.05) is 6.07 Å². The average Bonchev–Trinajstić information content (AvgIpc) is 2.36. The predicted molar refractivity (Wildman–Crippen MR) is 70.3 cm³/mol. The van der Waals surface area contributed by atoms with Crippen molar-refractivity contribution in [3.63, 3.8) is 0 Å². The number of nitriles is 1. The molecule has 0 aliphatic heterocycles. The maximum Gasteiger partial charge on any atom is 0.145 e. The lowest BCUT2D eigenvalue weighted by Gasteiger charge is -2.08. The molecule has 0 radical (unpaired) electrons. The van der Waals surface area contributed by atoms with Crippen molar-refractivity contribution in [2.75, 3.05) is 0 Å². The summed E-state index contributed by atoms with van der Waals surface area (Å²) in [6, 6.07) is 11.0. The smallest absolute Gasteiger partial charge is 0.145 e. The highest BCUT2D eigenvalue weighted by molar-refractivity contribution is 9.10. The van der Waals surface area contributed by atoms with Crippen LogP contribution in [0.25, 0.3) is 0 Å². The van der Waals surface area contributed by atoms with Crippen LogP contribution in [-0.4, -0.2) is 0 Å². The van der Waals surface area contributed by atoms with E-state index in [4.69, 9.17) is 21.6 Å². The van der Waals surface area contributed by atoms with E-state index in [9.17, 15) is 4.39 Å². The van der Waals surface area contributed by atoms with Crippen LogP contribution < -0.4 is 4.74 Å². The Bertz CT molecular complexity index is 639. The van der Waals surface area contributed by atoms with E-state index in [1.165, 1.54) is 18.2 Å². The summed E-state index contributed by atoms with van der Waals surface area (Å²) in [6.45, 7) is 0. The van der Waals surface area contributed by atoms with Crippen molar-refractivity contribution in [2.24, 2.45) is 0 Å². The maximum atomic E-state index is 13.3.